The van der Waals surface area contributed by atoms with Crippen molar-refractivity contribution in [3.8, 4) is 0 Å². The number of hydrogen-bond acceptors (Lipinski definition) is 0. The van der Waals surface area contributed by atoms with Gasteiger partial charge < -0.3 is 37.2 Å². The fraction of sp³-hybridized carbons (Fsp3) is 0.267. The molecule has 0 saturated carbocycles. The van der Waals surface area contributed by atoms with Crippen LogP contribution in [0.1, 0.15) is 39.8 Å². The molecule has 1 aliphatic carbocycles. The molecule has 0 unspecified atom stereocenters. The molecular weight excluding hydrogens is 543 g/mol. The van der Waals surface area contributed by atoms with Gasteiger partial charge in [-0.25, -0.2) is 0 Å². The Morgan fingerprint density at radius 1 is 0.657 bits per heavy atom. The Hall–Kier alpha value is -1.06. The van der Waals surface area contributed by atoms with Gasteiger partial charge in [0.2, 0.25) is 0 Å². The minimum absolute atomic E-state index is 0. The van der Waals surface area contributed by atoms with Gasteiger partial charge in [-0.05, 0) is 0 Å². The topological polar surface area (TPSA) is 0 Å². The van der Waals surface area contributed by atoms with E-state index in [0.717, 1.165) is 6.42 Å². The molecule has 3 aromatic rings. The van der Waals surface area contributed by atoms with Gasteiger partial charge in [0, 0.05) is 0 Å². The predicted molar refractivity (Wildman–Crippen MR) is 136 cm³/mol. The summed E-state index contributed by atoms with van der Waals surface area (Å²) in [7, 11) is -1.42. The van der Waals surface area contributed by atoms with Crippen molar-refractivity contribution in [2.24, 2.45) is 0 Å². The Balaban J connectivity index is 0.00000204. The summed E-state index contributed by atoms with van der Waals surface area (Å²) in [5.41, 5.74) is 9.13. The molecule has 0 radical (unpaired) electrons. The van der Waals surface area contributed by atoms with Gasteiger partial charge in [-0.3, -0.25) is 0 Å². The molecule has 0 heterocycles. The van der Waals surface area contributed by atoms with Gasteiger partial charge in [0.05, 0.1) is 0 Å². The summed E-state index contributed by atoms with van der Waals surface area (Å²) in [6.45, 7) is 14.1. The van der Waals surface area contributed by atoms with Crippen molar-refractivity contribution in [3.05, 3.63) is 127 Å². The van der Waals surface area contributed by atoms with E-state index in [0.29, 0.717) is 0 Å². The molecule has 0 aliphatic heterocycles. The molecule has 0 bridgehead atoms. The van der Waals surface area contributed by atoms with E-state index in [1.165, 1.54) is 42.8 Å². The van der Waals surface area contributed by atoms with E-state index in [-0.39, 0.29) is 42.6 Å². The largest absolute Gasteiger partial charge is 1.00 e. The fourth-order valence-corrected chi connectivity index (χ4v) is 9.16. The first-order valence-electron chi connectivity index (χ1n) is 11.5. The first kappa shape index (κ1) is 32.0. The molecule has 0 saturated heterocycles. The monoisotopic (exact) mass is 574 g/mol. The zero-order chi connectivity index (χ0) is 23.1. The van der Waals surface area contributed by atoms with Gasteiger partial charge in [-0.15, -0.1) is 0 Å². The molecule has 3 aromatic carbocycles. The summed E-state index contributed by atoms with van der Waals surface area (Å²) in [5, 5.41) is 1.69. The molecule has 5 heteroatoms. The van der Waals surface area contributed by atoms with Gasteiger partial charge in [0.15, 0.2) is 0 Å². The second kappa shape index (κ2) is 12.5. The molecular formula is C30H33Cl3SiTi. The second-order valence-corrected chi connectivity index (χ2v) is 16.2. The number of benzene rings is 3. The van der Waals surface area contributed by atoms with Crippen molar-refractivity contribution in [2.45, 2.75) is 52.2 Å². The Labute approximate surface area is 243 Å². The number of allylic oxidation sites excluding steroid dienone is 4. The molecule has 35 heavy (non-hydrogen) atoms. The quantitative estimate of drug-likeness (QED) is 0.270. The molecule has 182 valence electrons. The Morgan fingerprint density at radius 2 is 1.03 bits per heavy atom. The van der Waals surface area contributed by atoms with E-state index >= 15 is 0 Å². The van der Waals surface area contributed by atoms with E-state index in [1.807, 2.05) is 0 Å². The minimum Gasteiger partial charge on any atom is -1.00 e. The zero-order valence-electron chi connectivity index (χ0n) is 21.3. The van der Waals surface area contributed by atoms with Crippen molar-refractivity contribution in [1.82, 2.24) is 0 Å². The van der Waals surface area contributed by atoms with E-state index in [2.05, 4.69) is 140 Å². The first-order valence-corrected chi connectivity index (χ1v) is 15.8. The molecule has 0 atom stereocenters. The maximum absolute atomic E-state index is 2.54. The van der Waals surface area contributed by atoms with Crippen molar-refractivity contribution >= 4 is 8.07 Å². The number of hydrogen-bond donors (Lipinski definition) is 0. The Kier molecular flexibility index (Phi) is 11.4. The van der Waals surface area contributed by atoms with Crippen molar-refractivity contribution in [2.75, 3.05) is 0 Å². The van der Waals surface area contributed by atoms with Crippen LogP contribution in [-0.4, -0.2) is 8.07 Å². The van der Waals surface area contributed by atoms with Gasteiger partial charge in [-0.2, -0.15) is 0 Å². The van der Waals surface area contributed by atoms with Crippen molar-refractivity contribution in [1.29, 1.82) is 0 Å². The second-order valence-electron chi connectivity index (χ2n) is 10.3. The van der Waals surface area contributed by atoms with Crippen molar-refractivity contribution in [3.63, 3.8) is 0 Å². The normalized spacial score (nSPS) is 13.4. The molecule has 4 rings (SSSR count). The zero-order valence-corrected chi connectivity index (χ0v) is 26.2. The molecule has 0 N–H and O–H groups in total. The summed E-state index contributed by atoms with van der Waals surface area (Å²) in [6.07, 6.45) is 3.62. The average Bonchev–Trinajstić information content (AvgIpc) is 3.11. The van der Waals surface area contributed by atoms with E-state index < -0.39 is 8.07 Å². The third kappa shape index (κ3) is 6.09. The Morgan fingerprint density at radius 3 is 1.31 bits per heavy atom. The van der Waals surface area contributed by atoms with Crippen LogP contribution in [0.5, 0.6) is 0 Å². The fourth-order valence-electron chi connectivity index (χ4n) is 5.19. The van der Waals surface area contributed by atoms with Crippen LogP contribution in [0.2, 0.25) is 19.6 Å². The molecule has 0 nitrogen and oxygen atoms in total. The summed E-state index contributed by atoms with van der Waals surface area (Å²) >= 11 is 2.38. The maximum atomic E-state index is 2.54. The SMILES string of the molecule is Cc1cccc(C(C2=CCC([Si](C)(C)C)=[C]2[Ti+3])(c2cccc(C)c2)c2cccc(C)c2)c1.[Cl-].[Cl-].[Cl-]. The maximum Gasteiger partial charge on any atom is -1.00 e. The standard InChI is InChI=1S/C30H33Si.3ClH.Ti/c1-22-10-7-13-25(18-22)30(26-14-8-11-23(2)19-26,27-15-9-12-24(3)20-27)28-16-17-29(21-28)31(4,5)6;;;;/h7-16,18-20H,17H2,1-6H3;3*1H;/q;;;;+3/p-3. The third-order valence-corrected chi connectivity index (χ3v) is 10.3. The average molecular weight is 576 g/mol. The summed E-state index contributed by atoms with van der Waals surface area (Å²) in [6, 6.07) is 27.5. The van der Waals surface area contributed by atoms with Crippen LogP contribution in [0, 0.1) is 20.8 Å². The van der Waals surface area contributed by atoms with Crippen LogP contribution in [0.15, 0.2) is 93.5 Å². The summed E-state index contributed by atoms with van der Waals surface area (Å²) in [4.78, 5) is 0. The Bertz CT molecular complexity index is 1130. The van der Waals surface area contributed by atoms with Crippen LogP contribution >= 0.6 is 0 Å². The third-order valence-electron chi connectivity index (χ3n) is 6.74. The first-order chi connectivity index (χ1) is 15.1. The van der Waals surface area contributed by atoms with Crippen LogP contribution in [-0.2, 0) is 25.9 Å². The number of halogens is 3. The van der Waals surface area contributed by atoms with Crippen LogP contribution in [0.25, 0.3) is 0 Å². The number of aryl methyl sites for hydroxylation is 3. The van der Waals surface area contributed by atoms with Gasteiger partial charge in [0.25, 0.3) is 0 Å². The van der Waals surface area contributed by atoms with E-state index in [1.54, 1.807) is 5.20 Å². The molecule has 1 aliphatic rings. The van der Waals surface area contributed by atoms with Crippen LogP contribution in [0.3, 0.4) is 0 Å². The van der Waals surface area contributed by atoms with E-state index in [9.17, 15) is 0 Å². The summed E-state index contributed by atoms with van der Waals surface area (Å²) in [5.74, 6) is 0. The summed E-state index contributed by atoms with van der Waals surface area (Å²) < 4.78 is 1.51. The van der Waals surface area contributed by atoms with Gasteiger partial charge in [-0.1, -0.05) is 0 Å². The van der Waals surface area contributed by atoms with Crippen molar-refractivity contribution < 1.29 is 57.7 Å². The van der Waals surface area contributed by atoms with Crippen LogP contribution in [0.4, 0.5) is 0 Å². The molecule has 0 fully saturated rings. The number of rotatable bonds is 5. The molecule has 0 aromatic heterocycles. The molecule has 0 spiro atoms. The van der Waals surface area contributed by atoms with Gasteiger partial charge in [0.1, 0.15) is 0 Å². The smallest absolute Gasteiger partial charge is 1.00 e. The molecule has 0 amide bonds. The van der Waals surface area contributed by atoms with Gasteiger partial charge >= 0.3 is 208 Å². The predicted octanol–water partition coefficient (Wildman–Crippen LogP) is -1.03. The minimum atomic E-state index is -1.42. The van der Waals surface area contributed by atoms with E-state index in [4.69, 9.17) is 0 Å². The van der Waals surface area contributed by atoms with Crippen LogP contribution < -0.4 is 37.2 Å².